The van der Waals surface area contributed by atoms with E-state index in [-0.39, 0.29) is 22.3 Å². The number of sulfonamides is 1. The lowest BCUT2D eigenvalue weighted by Gasteiger charge is -2.23. The predicted octanol–water partition coefficient (Wildman–Crippen LogP) is 2.69. The minimum absolute atomic E-state index is 0.0244. The number of hydrogen-bond acceptors (Lipinski definition) is 5. The summed E-state index contributed by atoms with van der Waals surface area (Å²) in [4.78, 5) is 13.1. The van der Waals surface area contributed by atoms with Gasteiger partial charge in [-0.3, -0.25) is 4.79 Å². The normalized spacial score (nSPS) is 21.5. The molecule has 0 unspecified atom stereocenters. The lowest BCUT2D eigenvalue weighted by molar-refractivity contribution is 0.0855. The summed E-state index contributed by atoms with van der Waals surface area (Å²) in [6.07, 6.45) is 4.50. The number of rotatable bonds is 6. The van der Waals surface area contributed by atoms with Crippen molar-refractivity contribution >= 4 is 15.9 Å². The Labute approximate surface area is 182 Å². The first-order chi connectivity index (χ1) is 14.9. The van der Waals surface area contributed by atoms with Crippen LogP contribution in [0.15, 0.2) is 47.4 Å². The van der Waals surface area contributed by atoms with Crippen molar-refractivity contribution in [2.24, 2.45) is 0 Å². The Morgan fingerprint density at radius 1 is 1.10 bits per heavy atom. The fourth-order valence-electron chi connectivity index (χ4n) is 4.51. The van der Waals surface area contributed by atoms with Gasteiger partial charge in [0.1, 0.15) is 5.75 Å². The number of methoxy groups -OCH3 is 1. The highest BCUT2D eigenvalue weighted by Crippen LogP contribution is 2.32. The molecule has 166 valence electrons. The maximum atomic E-state index is 13.1. The van der Waals surface area contributed by atoms with E-state index >= 15 is 0 Å². The van der Waals surface area contributed by atoms with Gasteiger partial charge in [-0.15, -0.1) is 0 Å². The topological polar surface area (TPSA) is 105 Å². The molecule has 0 heterocycles. The van der Waals surface area contributed by atoms with E-state index < -0.39 is 28.1 Å². The molecule has 0 aliphatic heterocycles. The minimum atomic E-state index is -3.76. The van der Waals surface area contributed by atoms with Gasteiger partial charge in [0, 0.05) is 12.5 Å². The van der Waals surface area contributed by atoms with Gasteiger partial charge in [-0.25, -0.2) is 13.1 Å². The van der Waals surface area contributed by atoms with E-state index in [9.17, 15) is 18.3 Å². The molecular formula is C23H28N2O5S. The van der Waals surface area contributed by atoms with Crippen molar-refractivity contribution in [2.45, 2.75) is 61.6 Å². The Hall–Kier alpha value is -2.42. The van der Waals surface area contributed by atoms with Crippen molar-refractivity contribution in [2.75, 3.05) is 7.11 Å². The average Bonchev–Trinajstić information content (AvgIpc) is 3.08. The molecule has 2 atom stereocenters. The standard InChI is InChI=1S/C23H28N2O5S/c1-30-21-12-11-17(31(28,29)25-16-8-3-2-4-9-16)14-19(21)23(27)24-22-18-10-6-5-7-15(18)13-20(22)26/h5-7,10-12,14,16,20,22,25-26H,2-4,8-9,13H2,1H3,(H,24,27)/t20-,22+/m1/s1. The molecular weight excluding hydrogens is 416 g/mol. The zero-order valence-electron chi connectivity index (χ0n) is 17.5. The molecule has 0 radical (unpaired) electrons. The highest BCUT2D eigenvalue weighted by atomic mass is 32.2. The molecule has 0 aromatic heterocycles. The van der Waals surface area contributed by atoms with Crippen molar-refractivity contribution in [3.8, 4) is 5.75 Å². The van der Waals surface area contributed by atoms with E-state index in [1.165, 1.54) is 25.3 Å². The summed E-state index contributed by atoms with van der Waals surface area (Å²) in [5, 5.41) is 13.3. The summed E-state index contributed by atoms with van der Waals surface area (Å²) in [6.45, 7) is 0. The van der Waals surface area contributed by atoms with E-state index in [2.05, 4.69) is 10.0 Å². The second kappa shape index (κ2) is 8.98. The molecule has 0 bridgehead atoms. The maximum absolute atomic E-state index is 13.1. The number of aliphatic hydroxyl groups is 1. The summed E-state index contributed by atoms with van der Waals surface area (Å²) in [6, 6.07) is 11.2. The van der Waals surface area contributed by atoms with Crippen LogP contribution in [-0.2, 0) is 16.4 Å². The summed E-state index contributed by atoms with van der Waals surface area (Å²) in [7, 11) is -2.33. The summed E-state index contributed by atoms with van der Waals surface area (Å²) < 4.78 is 33.9. The van der Waals surface area contributed by atoms with Crippen LogP contribution in [0.3, 0.4) is 0 Å². The lowest BCUT2D eigenvalue weighted by Crippen LogP contribution is -2.36. The van der Waals surface area contributed by atoms with E-state index in [0.717, 1.165) is 43.2 Å². The smallest absolute Gasteiger partial charge is 0.255 e. The van der Waals surface area contributed by atoms with Gasteiger partial charge < -0.3 is 15.2 Å². The van der Waals surface area contributed by atoms with Gasteiger partial charge in [-0.05, 0) is 42.2 Å². The molecule has 0 spiro atoms. The number of fused-ring (bicyclic) bond motifs is 1. The summed E-state index contributed by atoms with van der Waals surface area (Å²) in [5.41, 5.74) is 1.97. The molecule has 3 N–H and O–H groups in total. The van der Waals surface area contributed by atoms with Crippen LogP contribution in [0.2, 0.25) is 0 Å². The Morgan fingerprint density at radius 2 is 1.84 bits per heavy atom. The molecule has 1 amide bonds. The van der Waals surface area contributed by atoms with E-state index in [4.69, 9.17) is 4.74 Å². The number of nitrogens with one attached hydrogen (secondary N) is 2. The molecule has 1 fully saturated rings. The number of carbonyl (C=O) groups is 1. The average molecular weight is 445 g/mol. The summed E-state index contributed by atoms with van der Waals surface area (Å²) in [5.74, 6) is -0.220. The minimum Gasteiger partial charge on any atom is -0.496 e. The first-order valence-corrected chi connectivity index (χ1v) is 12.1. The van der Waals surface area contributed by atoms with Gasteiger partial charge in [-0.1, -0.05) is 43.5 Å². The molecule has 7 nitrogen and oxygen atoms in total. The number of hydrogen-bond donors (Lipinski definition) is 3. The van der Waals surface area contributed by atoms with Gasteiger partial charge >= 0.3 is 0 Å². The Bertz CT molecular complexity index is 1060. The summed E-state index contributed by atoms with van der Waals surface area (Å²) >= 11 is 0. The molecule has 1 saturated carbocycles. The fourth-order valence-corrected chi connectivity index (χ4v) is 5.84. The van der Waals surface area contributed by atoms with Crippen LogP contribution < -0.4 is 14.8 Å². The third-order valence-electron chi connectivity index (χ3n) is 6.14. The molecule has 31 heavy (non-hydrogen) atoms. The van der Waals surface area contributed by atoms with Crippen LogP contribution in [0.4, 0.5) is 0 Å². The number of benzene rings is 2. The van der Waals surface area contributed by atoms with Crippen molar-refractivity contribution in [3.63, 3.8) is 0 Å². The van der Waals surface area contributed by atoms with Gasteiger partial charge in [0.25, 0.3) is 5.91 Å². The van der Waals surface area contributed by atoms with Gasteiger partial charge in [-0.2, -0.15) is 0 Å². The molecule has 0 saturated heterocycles. The SMILES string of the molecule is COc1ccc(S(=O)(=O)NC2CCCCC2)cc1C(=O)N[C@H]1c2ccccc2C[C@H]1O. The molecule has 2 aliphatic carbocycles. The van der Waals surface area contributed by atoms with E-state index in [1.807, 2.05) is 24.3 Å². The van der Waals surface area contributed by atoms with E-state index in [0.29, 0.717) is 6.42 Å². The molecule has 8 heteroatoms. The first-order valence-electron chi connectivity index (χ1n) is 10.7. The number of ether oxygens (including phenoxy) is 1. The van der Waals surface area contributed by atoms with Crippen LogP contribution >= 0.6 is 0 Å². The van der Waals surface area contributed by atoms with Crippen molar-refractivity contribution in [1.29, 1.82) is 0 Å². The van der Waals surface area contributed by atoms with Crippen LogP contribution in [0.5, 0.6) is 5.75 Å². The molecule has 2 aromatic rings. The zero-order chi connectivity index (χ0) is 22.0. The zero-order valence-corrected chi connectivity index (χ0v) is 18.3. The van der Waals surface area contributed by atoms with Crippen LogP contribution in [-0.4, -0.2) is 38.7 Å². The van der Waals surface area contributed by atoms with Crippen LogP contribution in [0.1, 0.15) is 59.6 Å². The highest BCUT2D eigenvalue weighted by Gasteiger charge is 2.33. The third kappa shape index (κ3) is 4.61. The Kier molecular flexibility index (Phi) is 6.31. The number of aliphatic hydroxyl groups excluding tert-OH is 1. The van der Waals surface area contributed by atoms with Crippen molar-refractivity contribution in [3.05, 3.63) is 59.2 Å². The van der Waals surface area contributed by atoms with E-state index in [1.54, 1.807) is 0 Å². The van der Waals surface area contributed by atoms with Crippen molar-refractivity contribution < 1.29 is 23.1 Å². The number of carbonyl (C=O) groups excluding carboxylic acids is 1. The Morgan fingerprint density at radius 3 is 2.58 bits per heavy atom. The van der Waals surface area contributed by atoms with Crippen LogP contribution in [0, 0.1) is 0 Å². The quantitative estimate of drug-likeness (QED) is 0.635. The van der Waals surface area contributed by atoms with Gasteiger partial charge in [0.15, 0.2) is 0 Å². The van der Waals surface area contributed by atoms with Crippen LogP contribution in [0.25, 0.3) is 0 Å². The van der Waals surface area contributed by atoms with Gasteiger partial charge in [0.05, 0.1) is 29.7 Å². The fraction of sp³-hybridized carbons (Fsp3) is 0.435. The monoisotopic (exact) mass is 444 g/mol. The van der Waals surface area contributed by atoms with Gasteiger partial charge in [0.2, 0.25) is 10.0 Å². The largest absolute Gasteiger partial charge is 0.496 e. The molecule has 2 aliphatic rings. The predicted molar refractivity (Wildman–Crippen MR) is 117 cm³/mol. The van der Waals surface area contributed by atoms with Crippen molar-refractivity contribution in [1.82, 2.24) is 10.0 Å². The maximum Gasteiger partial charge on any atom is 0.255 e. The molecule has 2 aromatic carbocycles. The second-order valence-electron chi connectivity index (χ2n) is 8.24. The third-order valence-corrected chi connectivity index (χ3v) is 7.66. The highest BCUT2D eigenvalue weighted by molar-refractivity contribution is 7.89. The molecule has 4 rings (SSSR count). The first kappa shape index (κ1) is 21.8. The lowest BCUT2D eigenvalue weighted by atomic mass is 9.96. The number of amides is 1. The second-order valence-corrected chi connectivity index (χ2v) is 9.95. The Balaban J connectivity index is 1.58.